The number of aromatic nitrogens is 2. The fourth-order valence-corrected chi connectivity index (χ4v) is 6.27. The van der Waals surface area contributed by atoms with Crippen molar-refractivity contribution in [1.29, 1.82) is 0 Å². The highest BCUT2D eigenvalue weighted by Crippen LogP contribution is 2.44. The van der Waals surface area contributed by atoms with Crippen molar-refractivity contribution in [2.45, 2.75) is 35.9 Å². The Kier molecular flexibility index (Phi) is 9.19. The second-order valence-corrected chi connectivity index (χ2v) is 11.6. The van der Waals surface area contributed by atoms with E-state index in [1.165, 1.54) is 35.9 Å². The molecule has 0 bridgehead atoms. The lowest BCUT2D eigenvalue weighted by Gasteiger charge is -2.23. The van der Waals surface area contributed by atoms with Crippen molar-refractivity contribution in [1.82, 2.24) is 10.2 Å². The summed E-state index contributed by atoms with van der Waals surface area (Å²) in [6, 6.07) is 18.9. The van der Waals surface area contributed by atoms with Crippen molar-refractivity contribution in [3.05, 3.63) is 101 Å². The molecule has 1 amide bonds. The molecule has 0 spiro atoms. The minimum Gasteiger partial charge on any atom is -0.507 e. The number of Topliss-reactive ketones (excluding diaryl/α,β-unsaturated/α-hetero) is 1. The predicted molar refractivity (Wildman–Crippen MR) is 160 cm³/mol. The fraction of sp³-hybridized carbons (Fsp3) is 0.226. The first kappa shape index (κ1) is 29.3. The van der Waals surface area contributed by atoms with Gasteiger partial charge in [0.25, 0.3) is 5.78 Å². The summed E-state index contributed by atoms with van der Waals surface area (Å²) in [7, 11) is 1.53. The first-order chi connectivity index (χ1) is 20.4. The molecule has 1 aliphatic heterocycles. The number of halogens is 1. The fourth-order valence-electron chi connectivity index (χ4n) is 4.44. The molecular formula is C31H28FN3O5S2. The molecule has 3 aromatic carbocycles. The number of methoxy groups -OCH3 is 1. The predicted octanol–water partition coefficient (Wildman–Crippen LogP) is 6.78. The van der Waals surface area contributed by atoms with Crippen LogP contribution in [0.15, 0.2) is 82.7 Å². The standard InChI is InChI=1S/C31H28FN3O5S2/c1-3-4-16-40-24-7-5-6-21(17-24)26-25(27(36)20-10-14-23(39-2)15-11-20)28(37)29(38)35(26)30-33-34-31(42-30)41-18-19-8-12-22(32)13-9-19/h5-15,17,26,36H,3-4,16,18H2,1-2H3/b27-25+. The van der Waals surface area contributed by atoms with Crippen molar-refractivity contribution in [3.8, 4) is 11.5 Å². The minimum absolute atomic E-state index is 0.0633. The van der Waals surface area contributed by atoms with Crippen molar-refractivity contribution in [3.63, 3.8) is 0 Å². The highest BCUT2D eigenvalue weighted by molar-refractivity contribution is 8.00. The molecule has 1 unspecified atom stereocenters. The number of anilines is 1. The number of ether oxygens (including phenoxy) is 2. The summed E-state index contributed by atoms with van der Waals surface area (Å²) in [6.45, 7) is 2.59. The summed E-state index contributed by atoms with van der Waals surface area (Å²) in [4.78, 5) is 28.3. The van der Waals surface area contributed by atoms with Gasteiger partial charge in [-0.15, -0.1) is 10.2 Å². The van der Waals surface area contributed by atoms with Crippen LogP contribution in [0.5, 0.6) is 11.5 Å². The lowest BCUT2D eigenvalue weighted by Crippen LogP contribution is -2.29. The van der Waals surface area contributed by atoms with Gasteiger partial charge < -0.3 is 14.6 Å². The smallest absolute Gasteiger partial charge is 0.301 e. The number of unbranched alkanes of at least 4 members (excludes halogenated alkanes) is 1. The van der Waals surface area contributed by atoms with Gasteiger partial charge in [-0.1, -0.05) is 60.7 Å². The lowest BCUT2D eigenvalue weighted by molar-refractivity contribution is -0.132. The Labute approximate surface area is 250 Å². The quantitative estimate of drug-likeness (QED) is 0.0499. The number of thioether (sulfide) groups is 1. The van der Waals surface area contributed by atoms with E-state index in [0.29, 0.717) is 39.3 Å². The molecular weight excluding hydrogens is 577 g/mol. The van der Waals surface area contributed by atoms with Gasteiger partial charge in [0.2, 0.25) is 5.13 Å². The maximum atomic E-state index is 13.5. The van der Waals surface area contributed by atoms with Gasteiger partial charge in [-0.05, 0) is 66.1 Å². The average Bonchev–Trinajstić information content (AvgIpc) is 3.58. The minimum atomic E-state index is -0.968. The molecule has 1 aliphatic rings. The van der Waals surface area contributed by atoms with Gasteiger partial charge in [-0.3, -0.25) is 14.5 Å². The molecule has 2 heterocycles. The van der Waals surface area contributed by atoms with Crippen molar-refractivity contribution >= 4 is 45.7 Å². The second kappa shape index (κ2) is 13.2. The van der Waals surface area contributed by atoms with E-state index in [9.17, 15) is 19.1 Å². The van der Waals surface area contributed by atoms with Crippen LogP contribution in [0.25, 0.3) is 5.76 Å². The van der Waals surface area contributed by atoms with E-state index in [0.717, 1.165) is 29.7 Å². The molecule has 1 N–H and O–H groups in total. The van der Waals surface area contributed by atoms with Crippen LogP contribution in [0.2, 0.25) is 0 Å². The number of carbonyl (C=O) groups excluding carboxylic acids is 2. The van der Waals surface area contributed by atoms with Crippen molar-refractivity contribution in [2.24, 2.45) is 0 Å². The number of amides is 1. The van der Waals surface area contributed by atoms with E-state index in [1.54, 1.807) is 54.6 Å². The maximum absolute atomic E-state index is 13.5. The van der Waals surface area contributed by atoms with E-state index in [-0.39, 0.29) is 22.3 Å². The molecule has 0 saturated carbocycles. The Morgan fingerprint density at radius 2 is 1.81 bits per heavy atom. The third-order valence-corrected chi connectivity index (χ3v) is 8.75. The Morgan fingerprint density at radius 1 is 1.05 bits per heavy atom. The summed E-state index contributed by atoms with van der Waals surface area (Å²) in [5.41, 5.74) is 1.78. The largest absolute Gasteiger partial charge is 0.507 e. The van der Waals surface area contributed by atoms with Crippen molar-refractivity contribution in [2.75, 3.05) is 18.6 Å². The monoisotopic (exact) mass is 605 g/mol. The Morgan fingerprint density at radius 3 is 2.52 bits per heavy atom. The molecule has 1 saturated heterocycles. The highest BCUT2D eigenvalue weighted by atomic mass is 32.2. The Hall–Kier alpha value is -4.22. The summed E-state index contributed by atoms with van der Waals surface area (Å²) in [6.07, 6.45) is 1.85. The summed E-state index contributed by atoms with van der Waals surface area (Å²) in [5.74, 6) is -0.585. The van der Waals surface area contributed by atoms with E-state index in [1.807, 2.05) is 6.07 Å². The van der Waals surface area contributed by atoms with E-state index >= 15 is 0 Å². The molecule has 11 heteroatoms. The number of rotatable bonds is 11. The molecule has 1 fully saturated rings. The molecule has 8 nitrogen and oxygen atoms in total. The lowest BCUT2D eigenvalue weighted by atomic mass is 9.95. The van der Waals surface area contributed by atoms with E-state index < -0.39 is 17.7 Å². The number of hydrogen-bond acceptors (Lipinski definition) is 9. The van der Waals surface area contributed by atoms with Gasteiger partial charge >= 0.3 is 5.91 Å². The number of carbonyl (C=O) groups is 2. The highest BCUT2D eigenvalue weighted by Gasteiger charge is 2.48. The van der Waals surface area contributed by atoms with E-state index in [2.05, 4.69) is 17.1 Å². The third kappa shape index (κ3) is 6.32. The number of benzene rings is 3. The molecule has 1 aromatic heterocycles. The number of aliphatic hydroxyl groups excluding tert-OH is 1. The zero-order valence-electron chi connectivity index (χ0n) is 23.0. The molecule has 0 aliphatic carbocycles. The maximum Gasteiger partial charge on any atom is 0.301 e. The Bertz CT molecular complexity index is 1610. The second-order valence-electron chi connectivity index (χ2n) is 9.44. The average molecular weight is 606 g/mol. The number of nitrogens with zero attached hydrogens (tertiary/aromatic N) is 3. The summed E-state index contributed by atoms with van der Waals surface area (Å²) >= 11 is 2.55. The summed E-state index contributed by atoms with van der Waals surface area (Å²) in [5, 5.41) is 20.1. The first-order valence-corrected chi connectivity index (χ1v) is 15.1. The van der Waals surface area contributed by atoms with Crippen LogP contribution in [0.1, 0.15) is 42.5 Å². The molecule has 216 valence electrons. The third-order valence-electron chi connectivity index (χ3n) is 6.63. The normalized spacial score (nSPS) is 16.2. The zero-order chi connectivity index (χ0) is 29.6. The zero-order valence-corrected chi connectivity index (χ0v) is 24.6. The molecule has 4 aromatic rings. The van der Waals surface area contributed by atoms with Crippen LogP contribution in [0, 0.1) is 5.82 Å². The van der Waals surface area contributed by atoms with Gasteiger partial charge in [0.1, 0.15) is 23.1 Å². The Balaban J connectivity index is 1.53. The number of hydrogen-bond donors (Lipinski definition) is 1. The van der Waals surface area contributed by atoms with Crippen LogP contribution < -0.4 is 14.4 Å². The van der Waals surface area contributed by atoms with Crippen LogP contribution in [-0.2, 0) is 15.3 Å². The van der Waals surface area contributed by atoms with Gasteiger partial charge in [0.15, 0.2) is 4.34 Å². The number of ketones is 1. The van der Waals surface area contributed by atoms with Gasteiger partial charge in [-0.25, -0.2) is 4.39 Å². The van der Waals surface area contributed by atoms with Gasteiger partial charge in [0, 0.05) is 11.3 Å². The number of aliphatic hydroxyl groups is 1. The van der Waals surface area contributed by atoms with Crippen LogP contribution >= 0.6 is 23.1 Å². The molecule has 42 heavy (non-hydrogen) atoms. The van der Waals surface area contributed by atoms with Crippen molar-refractivity contribution < 1.29 is 28.6 Å². The van der Waals surface area contributed by atoms with Gasteiger partial charge in [-0.2, -0.15) is 0 Å². The summed E-state index contributed by atoms with van der Waals surface area (Å²) < 4.78 is 25.0. The molecule has 1 atom stereocenters. The van der Waals surface area contributed by atoms with Crippen LogP contribution in [0.4, 0.5) is 9.52 Å². The van der Waals surface area contributed by atoms with Crippen LogP contribution in [0.3, 0.4) is 0 Å². The SMILES string of the molecule is CCCCOc1cccc(C2/C(=C(\O)c3ccc(OC)cc3)C(=O)C(=O)N2c2nnc(SCc3ccc(F)cc3)s2)c1. The van der Waals surface area contributed by atoms with Gasteiger partial charge in [0.05, 0.1) is 25.3 Å². The van der Waals surface area contributed by atoms with Crippen LogP contribution in [-0.4, -0.2) is 40.7 Å². The first-order valence-electron chi connectivity index (χ1n) is 13.3. The molecule has 5 rings (SSSR count). The van der Waals surface area contributed by atoms with E-state index in [4.69, 9.17) is 9.47 Å². The molecule has 0 radical (unpaired) electrons. The topological polar surface area (TPSA) is 102 Å².